The van der Waals surface area contributed by atoms with Crippen molar-refractivity contribution >= 4 is 5.91 Å². The minimum absolute atomic E-state index is 0.0551. The zero-order chi connectivity index (χ0) is 14.8. The van der Waals surface area contributed by atoms with Gasteiger partial charge in [0.1, 0.15) is 5.92 Å². The van der Waals surface area contributed by atoms with Crippen molar-refractivity contribution in [2.24, 2.45) is 5.41 Å². The lowest BCUT2D eigenvalue weighted by molar-refractivity contribution is -0.132. The number of carbonyl (C=O) groups is 1. The van der Waals surface area contributed by atoms with Crippen LogP contribution in [0, 0.1) is 16.7 Å². The first-order valence-corrected chi connectivity index (χ1v) is 6.78. The molecule has 1 amide bonds. The molecule has 20 heavy (non-hydrogen) atoms. The number of ether oxygens (including phenoxy) is 1. The van der Waals surface area contributed by atoms with Gasteiger partial charge in [-0.25, -0.2) is 0 Å². The average Bonchev–Trinajstić information content (AvgIpc) is 2.45. The van der Waals surface area contributed by atoms with Crippen molar-refractivity contribution in [2.45, 2.75) is 38.3 Å². The van der Waals surface area contributed by atoms with Crippen LogP contribution >= 0.6 is 0 Å². The topological polar surface area (TPSA) is 62.1 Å². The summed E-state index contributed by atoms with van der Waals surface area (Å²) < 4.78 is 5.37. The highest BCUT2D eigenvalue weighted by molar-refractivity contribution is 5.86. The lowest BCUT2D eigenvalue weighted by atomic mass is 9.64. The largest absolute Gasteiger partial charge is 0.381 e. The van der Waals surface area contributed by atoms with Crippen LogP contribution in [-0.4, -0.2) is 25.2 Å². The molecule has 106 valence electrons. The Kier molecular flexibility index (Phi) is 4.10. The third-order valence-electron chi connectivity index (χ3n) is 4.30. The molecule has 0 heterocycles. The molecule has 3 unspecified atom stereocenters. The standard InChI is InChI=1S/C16H20N2O2/c1-16(2)13(9-14(16)20-3)18-15(19)12(10-17)11-7-5-4-6-8-11/h4-8,12-14H,9H2,1-3H3,(H,18,19). The molecule has 1 aliphatic rings. The van der Waals surface area contributed by atoms with Crippen LogP contribution < -0.4 is 5.32 Å². The number of nitrogens with one attached hydrogen (secondary N) is 1. The molecule has 1 aliphatic carbocycles. The number of nitriles is 1. The molecule has 1 aromatic carbocycles. The maximum Gasteiger partial charge on any atom is 0.242 e. The van der Waals surface area contributed by atoms with Crippen molar-refractivity contribution in [3.8, 4) is 6.07 Å². The van der Waals surface area contributed by atoms with Crippen LogP contribution in [0.5, 0.6) is 0 Å². The number of amides is 1. The number of carbonyl (C=O) groups excluding carboxylic acids is 1. The van der Waals surface area contributed by atoms with Gasteiger partial charge in [-0.3, -0.25) is 4.79 Å². The predicted molar refractivity (Wildman–Crippen MR) is 75.9 cm³/mol. The van der Waals surface area contributed by atoms with E-state index in [9.17, 15) is 10.1 Å². The van der Waals surface area contributed by atoms with E-state index in [1.807, 2.05) is 18.2 Å². The van der Waals surface area contributed by atoms with E-state index in [-0.39, 0.29) is 23.5 Å². The minimum atomic E-state index is -0.756. The highest BCUT2D eigenvalue weighted by atomic mass is 16.5. The summed E-state index contributed by atoms with van der Waals surface area (Å²) in [7, 11) is 1.69. The highest BCUT2D eigenvalue weighted by Gasteiger charge is 2.49. The molecule has 1 aromatic rings. The first-order valence-electron chi connectivity index (χ1n) is 6.78. The Morgan fingerprint density at radius 3 is 2.60 bits per heavy atom. The van der Waals surface area contributed by atoms with E-state index in [0.29, 0.717) is 0 Å². The fourth-order valence-electron chi connectivity index (χ4n) is 2.72. The maximum absolute atomic E-state index is 12.3. The fraction of sp³-hybridized carbons (Fsp3) is 0.500. The van der Waals surface area contributed by atoms with Crippen molar-refractivity contribution in [2.75, 3.05) is 7.11 Å². The normalized spacial score (nSPS) is 25.1. The van der Waals surface area contributed by atoms with Crippen LogP contribution in [0.1, 0.15) is 31.7 Å². The molecule has 1 fully saturated rings. The van der Waals surface area contributed by atoms with Crippen LogP contribution in [0.25, 0.3) is 0 Å². The molecule has 1 N–H and O–H groups in total. The molecular weight excluding hydrogens is 252 g/mol. The Bertz CT molecular complexity index is 519. The first kappa shape index (κ1) is 14.5. The van der Waals surface area contributed by atoms with E-state index in [1.165, 1.54) is 0 Å². The molecule has 4 heteroatoms. The smallest absolute Gasteiger partial charge is 0.242 e. The lowest BCUT2D eigenvalue weighted by Gasteiger charge is -2.51. The van der Waals surface area contributed by atoms with Gasteiger partial charge >= 0.3 is 0 Å². The van der Waals surface area contributed by atoms with Crippen LogP contribution in [0.2, 0.25) is 0 Å². The van der Waals surface area contributed by atoms with Gasteiger partial charge in [0.25, 0.3) is 0 Å². The summed E-state index contributed by atoms with van der Waals surface area (Å²) in [6.45, 7) is 4.14. The van der Waals surface area contributed by atoms with Crippen molar-refractivity contribution in [3.05, 3.63) is 35.9 Å². The molecular formula is C16H20N2O2. The van der Waals surface area contributed by atoms with Gasteiger partial charge < -0.3 is 10.1 Å². The summed E-state index contributed by atoms with van der Waals surface area (Å²) in [4.78, 5) is 12.3. The molecule has 0 aliphatic heterocycles. The number of benzene rings is 1. The summed E-state index contributed by atoms with van der Waals surface area (Å²) in [5, 5.41) is 12.2. The Hall–Kier alpha value is -1.86. The molecule has 0 saturated heterocycles. The minimum Gasteiger partial charge on any atom is -0.381 e. The lowest BCUT2D eigenvalue weighted by Crippen LogP contribution is -2.62. The van der Waals surface area contributed by atoms with Gasteiger partial charge in [0.15, 0.2) is 0 Å². The Balaban J connectivity index is 2.04. The summed E-state index contributed by atoms with van der Waals surface area (Å²) >= 11 is 0. The van der Waals surface area contributed by atoms with E-state index in [0.717, 1.165) is 12.0 Å². The zero-order valence-electron chi connectivity index (χ0n) is 12.1. The SMILES string of the molecule is COC1CC(NC(=O)C(C#N)c2ccccc2)C1(C)C. The molecule has 2 rings (SSSR count). The van der Waals surface area contributed by atoms with Crippen LogP contribution in [0.4, 0.5) is 0 Å². The molecule has 4 nitrogen and oxygen atoms in total. The van der Waals surface area contributed by atoms with Gasteiger partial charge in [0.2, 0.25) is 5.91 Å². The third kappa shape index (κ3) is 2.54. The van der Waals surface area contributed by atoms with Crippen LogP contribution in [-0.2, 0) is 9.53 Å². The van der Waals surface area contributed by atoms with E-state index in [4.69, 9.17) is 4.74 Å². The molecule has 0 bridgehead atoms. The van der Waals surface area contributed by atoms with E-state index in [1.54, 1.807) is 19.2 Å². The van der Waals surface area contributed by atoms with Crippen molar-refractivity contribution in [1.29, 1.82) is 5.26 Å². The average molecular weight is 272 g/mol. The molecule has 3 atom stereocenters. The number of rotatable bonds is 4. The van der Waals surface area contributed by atoms with Crippen molar-refractivity contribution in [1.82, 2.24) is 5.32 Å². The quantitative estimate of drug-likeness (QED) is 0.914. The predicted octanol–water partition coefficient (Wildman–Crippen LogP) is 2.22. The van der Waals surface area contributed by atoms with E-state index >= 15 is 0 Å². The summed E-state index contributed by atoms with van der Waals surface area (Å²) in [6, 6.07) is 11.3. The molecule has 0 spiro atoms. The van der Waals surface area contributed by atoms with Gasteiger partial charge in [-0.1, -0.05) is 44.2 Å². The monoisotopic (exact) mass is 272 g/mol. The summed E-state index contributed by atoms with van der Waals surface area (Å²) in [6.07, 6.45) is 0.951. The second-order valence-corrected chi connectivity index (χ2v) is 5.82. The highest BCUT2D eigenvalue weighted by Crippen LogP contribution is 2.42. The third-order valence-corrected chi connectivity index (χ3v) is 4.30. The number of nitrogens with zero attached hydrogens (tertiary/aromatic N) is 1. The van der Waals surface area contributed by atoms with Gasteiger partial charge in [0, 0.05) is 18.6 Å². The second kappa shape index (κ2) is 5.64. The van der Waals surface area contributed by atoms with Gasteiger partial charge in [-0.2, -0.15) is 5.26 Å². The van der Waals surface area contributed by atoms with E-state index in [2.05, 4.69) is 25.2 Å². The maximum atomic E-state index is 12.3. The van der Waals surface area contributed by atoms with Crippen LogP contribution in [0.15, 0.2) is 30.3 Å². The number of methoxy groups -OCH3 is 1. The van der Waals surface area contributed by atoms with Crippen LogP contribution in [0.3, 0.4) is 0 Å². The zero-order valence-corrected chi connectivity index (χ0v) is 12.1. The fourth-order valence-corrected chi connectivity index (χ4v) is 2.72. The number of hydrogen-bond acceptors (Lipinski definition) is 3. The Labute approximate surface area is 119 Å². The van der Waals surface area contributed by atoms with Gasteiger partial charge in [0.05, 0.1) is 12.2 Å². The van der Waals surface area contributed by atoms with Gasteiger partial charge in [-0.15, -0.1) is 0 Å². The Morgan fingerprint density at radius 2 is 2.10 bits per heavy atom. The van der Waals surface area contributed by atoms with E-state index < -0.39 is 5.92 Å². The number of hydrogen-bond donors (Lipinski definition) is 1. The summed E-state index contributed by atoms with van der Waals surface area (Å²) in [5.74, 6) is -0.986. The van der Waals surface area contributed by atoms with Crippen molar-refractivity contribution in [3.63, 3.8) is 0 Å². The molecule has 0 radical (unpaired) electrons. The summed E-state index contributed by atoms with van der Waals surface area (Å²) in [5.41, 5.74) is 0.633. The molecule has 0 aromatic heterocycles. The molecule has 1 saturated carbocycles. The van der Waals surface area contributed by atoms with Crippen molar-refractivity contribution < 1.29 is 9.53 Å². The second-order valence-electron chi connectivity index (χ2n) is 5.82. The first-order chi connectivity index (χ1) is 9.50. The Morgan fingerprint density at radius 1 is 1.45 bits per heavy atom. The van der Waals surface area contributed by atoms with Gasteiger partial charge in [-0.05, 0) is 12.0 Å².